The lowest BCUT2D eigenvalue weighted by Crippen LogP contribution is -2.44. The summed E-state index contributed by atoms with van der Waals surface area (Å²) in [6, 6.07) is 0. The first kappa shape index (κ1) is 8.85. The van der Waals surface area contributed by atoms with E-state index >= 15 is 0 Å². The molecule has 2 nitrogen and oxygen atoms in total. The molecule has 0 aromatic heterocycles. The predicted octanol–water partition coefficient (Wildman–Crippen LogP) is 0.630. The molecule has 0 saturated carbocycles. The topological polar surface area (TPSA) is 38.0 Å². The first-order chi connectivity index (χ1) is 4.12. The molecule has 0 aliphatic carbocycles. The summed E-state index contributed by atoms with van der Waals surface area (Å²) in [7, 11) is 0. The van der Waals surface area contributed by atoms with Crippen molar-refractivity contribution in [1.82, 2.24) is 5.32 Å². The Bertz CT molecular complexity index is 73.5. The van der Waals surface area contributed by atoms with Gasteiger partial charge in [-0.2, -0.15) is 0 Å². The monoisotopic (exact) mass is 134 g/mol. The van der Waals surface area contributed by atoms with Gasteiger partial charge in [0.1, 0.15) is 0 Å². The molecule has 1 atom stereocenters. The second-order valence-corrected chi connectivity index (χ2v) is 2.17. The summed E-state index contributed by atoms with van der Waals surface area (Å²) < 4.78 is 12.7. The van der Waals surface area contributed by atoms with Crippen LogP contribution in [-0.2, 0) is 0 Å². The van der Waals surface area contributed by atoms with Gasteiger partial charge in [0.15, 0.2) is 5.79 Å². The van der Waals surface area contributed by atoms with Gasteiger partial charge in [-0.25, -0.2) is 4.39 Å². The highest BCUT2D eigenvalue weighted by molar-refractivity contribution is 4.71. The van der Waals surface area contributed by atoms with Crippen molar-refractivity contribution in [3.8, 4) is 0 Å². The minimum absolute atomic E-state index is 0.250. The SMILES string of the molecule is CCNCC(N)(F)CC. The Morgan fingerprint density at radius 3 is 2.44 bits per heavy atom. The van der Waals surface area contributed by atoms with Crippen molar-refractivity contribution < 1.29 is 4.39 Å². The summed E-state index contributed by atoms with van der Waals surface area (Å²) in [5, 5.41) is 2.84. The largest absolute Gasteiger partial charge is 0.313 e. The summed E-state index contributed by atoms with van der Waals surface area (Å²) >= 11 is 0. The van der Waals surface area contributed by atoms with Crippen LogP contribution in [0.15, 0.2) is 0 Å². The second kappa shape index (κ2) is 3.80. The van der Waals surface area contributed by atoms with E-state index in [2.05, 4.69) is 5.32 Å². The third-order valence-electron chi connectivity index (χ3n) is 1.26. The van der Waals surface area contributed by atoms with Crippen molar-refractivity contribution in [2.24, 2.45) is 5.73 Å². The van der Waals surface area contributed by atoms with E-state index < -0.39 is 5.79 Å². The molecule has 0 fully saturated rings. The van der Waals surface area contributed by atoms with Crippen molar-refractivity contribution in [2.75, 3.05) is 13.1 Å². The Balaban J connectivity index is 3.33. The van der Waals surface area contributed by atoms with Gasteiger partial charge < -0.3 is 5.32 Å². The number of halogens is 1. The number of nitrogens with one attached hydrogen (secondary N) is 1. The molecule has 9 heavy (non-hydrogen) atoms. The molecular formula is C6H15FN2. The fourth-order valence-corrected chi connectivity index (χ4v) is 0.458. The molecule has 3 N–H and O–H groups in total. The van der Waals surface area contributed by atoms with Crippen LogP contribution in [0.5, 0.6) is 0 Å². The van der Waals surface area contributed by atoms with Gasteiger partial charge in [0.25, 0.3) is 0 Å². The lowest BCUT2D eigenvalue weighted by Gasteiger charge is -2.17. The van der Waals surface area contributed by atoms with E-state index in [1.54, 1.807) is 6.92 Å². The fourth-order valence-electron chi connectivity index (χ4n) is 0.458. The van der Waals surface area contributed by atoms with Gasteiger partial charge >= 0.3 is 0 Å². The zero-order chi connectivity index (χ0) is 7.33. The van der Waals surface area contributed by atoms with Crippen molar-refractivity contribution >= 4 is 0 Å². The Morgan fingerprint density at radius 2 is 2.11 bits per heavy atom. The van der Waals surface area contributed by atoms with Crippen LogP contribution in [0.3, 0.4) is 0 Å². The van der Waals surface area contributed by atoms with Crippen LogP contribution in [0.25, 0.3) is 0 Å². The van der Waals surface area contributed by atoms with Gasteiger partial charge in [-0.3, -0.25) is 5.73 Å². The normalized spacial score (nSPS) is 17.3. The Hall–Kier alpha value is -0.150. The number of hydrogen-bond donors (Lipinski definition) is 2. The molecule has 1 unspecified atom stereocenters. The fraction of sp³-hybridized carbons (Fsp3) is 1.00. The molecule has 0 radical (unpaired) electrons. The summed E-state index contributed by atoms with van der Waals surface area (Å²) in [5.41, 5.74) is 5.17. The van der Waals surface area contributed by atoms with Crippen molar-refractivity contribution in [1.29, 1.82) is 0 Å². The quantitative estimate of drug-likeness (QED) is 0.553. The van der Waals surface area contributed by atoms with Crippen LogP contribution in [0.2, 0.25) is 0 Å². The smallest absolute Gasteiger partial charge is 0.171 e. The minimum atomic E-state index is -1.52. The first-order valence-corrected chi connectivity index (χ1v) is 3.31. The first-order valence-electron chi connectivity index (χ1n) is 3.31. The molecule has 0 bridgehead atoms. The average Bonchev–Trinajstić information content (AvgIpc) is 1.84. The van der Waals surface area contributed by atoms with Crippen LogP contribution >= 0.6 is 0 Å². The predicted molar refractivity (Wildman–Crippen MR) is 36.9 cm³/mol. The summed E-state index contributed by atoms with van der Waals surface area (Å²) in [6.45, 7) is 4.67. The molecule has 0 rings (SSSR count). The third kappa shape index (κ3) is 4.36. The van der Waals surface area contributed by atoms with E-state index in [0.717, 1.165) is 6.54 Å². The second-order valence-electron chi connectivity index (χ2n) is 2.17. The Labute approximate surface area is 55.6 Å². The number of hydrogen-bond acceptors (Lipinski definition) is 2. The number of nitrogens with two attached hydrogens (primary N) is 1. The maximum Gasteiger partial charge on any atom is 0.171 e. The van der Waals surface area contributed by atoms with Gasteiger partial charge in [-0.05, 0) is 13.0 Å². The van der Waals surface area contributed by atoms with Gasteiger partial charge in [-0.15, -0.1) is 0 Å². The zero-order valence-electron chi connectivity index (χ0n) is 6.08. The molecular weight excluding hydrogens is 119 g/mol. The standard InChI is InChI=1S/C6H15FN2/c1-3-6(7,8)5-9-4-2/h9H,3-5,8H2,1-2H3. The number of likely N-dealkylation sites (N-methyl/N-ethyl adjacent to an activating group) is 1. The average molecular weight is 134 g/mol. The van der Waals surface area contributed by atoms with Crippen molar-refractivity contribution in [3.63, 3.8) is 0 Å². The highest BCUT2D eigenvalue weighted by Gasteiger charge is 2.19. The molecule has 0 aliphatic rings. The summed E-state index contributed by atoms with van der Waals surface area (Å²) in [6.07, 6.45) is 0.361. The highest BCUT2D eigenvalue weighted by atomic mass is 19.1. The molecule has 0 amide bonds. The maximum atomic E-state index is 12.7. The molecule has 0 aliphatic heterocycles. The van der Waals surface area contributed by atoms with Gasteiger partial charge in [0.2, 0.25) is 0 Å². The number of alkyl halides is 1. The van der Waals surface area contributed by atoms with Crippen LogP contribution in [0.1, 0.15) is 20.3 Å². The van der Waals surface area contributed by atoms with Crippen LogP contribution in [-0.4, -0.2) is 18.9 Å². The van der Waals surface area contributed by atoms with E-state index in [-0.39, 0.29) is 6.54 Å². The van der Waals surface area contributed by atoms with Crippen molar-refractivity contribution in [3.05, 3.63) is 0 Å². The minimum Gasteiger partial charge on any atom is -0.313 e. The van der Waals surface area contributed by atoms with Gasteiger partial charge in [-0.1, -0.05) is 13.8 Å². The molecule has 3 heteroatoms. The van der Waals surface area contributed by atoms with Gasteiger partial charge in [0, 0.05) is 6.54 Å². The van der Waals surface area contributed by atoms with E-state index in [0.29, 0.717) is 6.42 Å². The van der Waals surface area contributed by atoms with Crippen molar-refractivity contribution in [2.45, 2.75) is 26.1 Å². The molecule has 0 aromatic rings. The lowest BCUT2D eigenvalue weighted by molar-refractivity contribution is 0.163. The van der Waals surface area contributed by atoms with E-state index in [4.69, 9.17) is 5.73 Å². The van der Waals surface area contributed by atoms with Crippen LogP contribution in [0.4, 0.5) is 4.39 Å². The zero-order valence-corrected chi connectivity index (χ0v) is 6.08. The molecule has 56 valence electrons. The van der Waals surface area contributed by atoms with E-state index in [9.17, 15) is 4.39 Å². The van der Waals surface area contributed by atoms with E-state index in [1.807, 2.05) is 6.92 Å². The third-order valence-corrected chi connectivity index (χ3v) is 1.26. The lowest BCUT2D eigenvalue weighted by atomic mass is 10.2. The van der Waals surface area contributed by atoms with E-state index in [1.165, 1.54) is 0 Å². The van der Waals surface area contributed by atoms with Crippen LogP contribution in [0, 0.1) is 0 Å². The van der Waals surface area contributed by atoms with Crippen LogP contribution < -0.4 is 11.1 Å². The molecule has 0 spiro atoms. The Morgan fingerprint density at radius 1 is 1.56 bits per heavy atom. The Kier molecular flexibility index (Phi) is 3.73. The molecule has 0 heterocycles. The number of rotatable bonds is 4. The summed E-state index contributed by atoms with van der Waals surface area (Å²) in [5.74, 6) is -1.52. The van der Waals surface area contributed by atoms with Gasteiger partial charge in [0.05, 0.1) is 0 Å². The molecule has 0 saturated heterocycles. The highest BCUT2D eigenvalue weighted by Crippen LogP contribution is 2.04. The maximum absolute atomic E-state index is 12.7. The summed E-state index contributed by atoms with van der Waals surface area (Å²) in [4.78, 5) is 0. The molecule has 0 aromatic carbocycles.